The van der Waals surface area contributed by atoms with Crippen LogP contribution in [0.5, 0.6) is 0 Å². The summed E-state index contributed by atoms with van der Waals surface area (Å²) in [5, 5.41) is 2.78. The number of rotatable bonds is 6. The van der Waals surface area contributed by atoms with E-state index >= 15 is 0 Å². The van der Waals surface area contributed by atoms with Gasteiger partial charge in [0.1, 0.15) is 0 Å². The second-order valence-electron chi connectivity index (χ2n) is 6.63. The fraction of sp³-hybridized carbons (Fsp3) is 0.350. The fourth-order valence-corrected chi connectivity index (χ4v) is 3.11. The molecule has 0 spiro atoms. The van der Waals surface area contributed by atoms with Crippen LogP contribution in [0.2, 0.25) is 0 Å². The Morgan fingerprint density at radius 3 is 2.76 bits per heavy atom. The minimum atomic E-state index is -0.106. The van der Waals surface area contributed by atoms with E-state index in [2.05, 4.69) is 29.4 Å². The molecule has 1 saturated carbocycles. The van der Waals surface area contributed by atoms with Crippen LogP contribution in [0.15, 0.2) is 48.8 Å². The van der Waals surface area contributed by atoms with Crippen LogP contribution < -0.4 is 5.32 Å². The van der Waals surface area contributed by atoms with Gasteiger partial charge in [0.05, 0.1) is 6.54 Å². The average molecular weight is 337 g/mol. The standard InChI is InChI=1S/C20H23N3O2/c1-14-6-3-4-8-16(14)17-10-18(17)20(25)22-12-19(24)23(2)13-15-7-5-9-21-11-15/h3-9,11,17-18H,10,12-13H2,1-2H3,(H,22,25)/t17-,18+/m0/s1. The molecule has 2 aromatic rings. The molecule has 0 aliphatic heterocycles. The summed E-state index contributed by atoms with van der Waals surface area (Å²) < 4.78 is 0. The van der Waals surface area contributed by atoms with Crippen molar-refractivity contribution in [1.29, 1.82) is 0 Å². The maximum Gasteiger partial charge on any atom is 0.242 e. The van der Waals surface area contributed by atoms with Crippen molar-refractivity contribution in [2.45, 2.75) is 25.8 Å². The maximum absolute atomic E-state index is 12.3. The van der Waals surface area contributed by atoms with E-state index in [0.29, 0.717) is 6.54 Å². The highest BCUT2D eigenvalue weighted by molar-refractivity contribution is 5.88. The van der Waals surface area contributed by atoms with Crippen LogP contribution in [0, 0.1) is 12.8 Å². The van der Waals surface area contributed by atoms with Crippen LogP contribution in [-0.2, 0) is 16.1 Å². The molecule has 2 amide bonds. The molecule has 0 saturated heterocycles. The predicted octanol–water partition coefficient (Wildman–Crippen LogP) is 2.27. The van der Waals surface area contributed by atoms with Crippen LogP contribution >= 0.6 is 0 Å². The first-order valence-corrected chi connectivity index (χ1v) is 8.52. The molecule has 0 unspecified atom stereocenters. The smallest absolute Gasteiger partial charge is 0.242 e. The molecule has 1 heterocycles. The van der Waals surface area contributed by atoms with Crippen molar-refractivity contribution in [2.75, 3.05) is 13.6 Å². The molecule has 1 aromatic carbocycles. The van der Waals surface area contributed by atoms with Gasteiger partial charge in [0.15, 0.2) is 0 Å². The summed E-state index contributed by atoms with van der Waals surface area (Å²) in [6.07, 6.45) is 4.29. The van der Waals surface area contributed by atoms with Crippen molar-refractivity contribution < 1.29 is 9.59 Å². The van der Waals surface area contributed by atoms with Gasteiger partial charge in [0.25, 0.3) is 0 Å². The number of aromatic nitrogens is 1. The largest absolute Gasteiger partial charge is 0.347 e. The van der Waals surface area contributed by atoms with Gasteiger partial charge in [0.2, 0.25) is 11.8 Å². The SMILES string of the molecule is Cc1ccccc1[C@@H]1C[C@H]1C(=O)NCC(=O)N(C)Cc1cccnc1. The number of likely N-dealkylation sites (N-methyl/N-ethyl adjacent to an activating group) is 1. The van der Waals surface area contributed by atoms with Gasteiger partial charge in [0, 0.05) is 31.9 Å². The Hall–Kier alpha value is -2.69. The summed E-state index contributed by atoms with van der Waals surface area (Å²) in [4.78, 5) is 30.1. The van der Waals surface area contributed by atoms with Crippen molar-refractivity contribution in [1.82, 2.24) is 15.2 Å². The van der Waals surface area contributed by atoms with E-state index in [4.69, 9.17) is 0 Å². The summed E-state index contributed by atoms with van der Waals surface area (Å²) in [6, 6.07) is 11.9. The van der Waals surface area contributed by atoms with Crippen molar-refractivity contribution in [3.63, 3.8) is 0 Å². The number of nitrogens with zero attached hydrogens (tertiary/aromatic N) is 2. The van der Waals surface area contributed by atoms with Crippen LogP contribution in [0.3, 0.4) is 0 Å². The number of aryl methyl sites for hydroxylation is 1. The molecule has 25 heavy (non-hydrogen) atoms. The van der Waals surface area contributed by atoms with E-state index in [9.17, 15) is 9.59 Å². The van der Waals surface area contributed by atoms with Gasteiger partial charge in [-0.2, -0.15) is 0 Å². The topological polar surface area (TPSA) is 62.3 Å². The number of hydrogen-bond acceptors (Lipinski definition) is 3. The first-order chi connectivity index (χ1) is 12.1. The molecule has 1 aliphatic rings. The van der Waals surface area contributed by atoms with E-state index in [1.165, 1.54) is 11.1 Å². The van der Waals surface area contributed by atoms with Crippen LogP contribution in [0.4, 0.5) is 0 Å². The molecular weight excluding hydrogens is 314 g/mol. The molecule has 3 rings (SSSR count). The van der Waals surface area contributed by atoms with Crippen LogP contribution in [-0.4, -0.2) is 35.3 Å². The first-order valence-electron chi connectivity index (χ1n) is 8.52. The third-order valence-electron chi connectivity index (χ3n) is 4.70. The average Bonchev–Trinajstić information content (AvgIpc) is 3.41. The minimum Gasteiger partial charge on any atom is -0.347 e. The number of nitrogens with one attached hydrogen (secondary N) is 1. The zero-order valence-electron chi connectivity index (χ0n) is 14.6. The van der Waals surface area contributed by atoms with E-state index in [0.717, 1.165) is 12.0 Å². The van der Waals surface area contributed by atoms with E-state index in [1.807, 2.05) is 24.3 Å². The van der Waals surface area contributed by atoms with Crippen molar-refractivity contribution in [3.05, 3.63) is 65.5 Å². The number of carbonyl (C=O) groups excluding carboxylic acids is 2. The van der Waals surface area contributed by atoms with Gasteiger partial charge >= 0.3 is 0 Å². The molecular formula is C20H23N3O2. The molecule has 1 N–H and O–H groups in total. The molecule has 1 fully saturated rings. The Morgan fingerprint density at radius 2 is 2.04 bits per heavy atom. The lowest BCUT2D eigenvalue weighted by Crippen LogP contribution is -2.38. The quantitative estimate of drug-likeness (QED) is 0.879. The van der Waals surface area contributed by atoms with Gasteiger partial charge in [-0.3, -0.25) is 14.6 Å². The lowest BCUT2D eigenvalue weighted by Gasteiger charge is -2.17. The molecule has 0 bridgehead atoms. The Morgan fingerprint density at radius 1 is 1.24 bits per heavy atom. The number of pyridine rings is 1. The van der Waals surface area contributed by atoms with Crippen molar-refractivity contribution in [3.8, 4) is 0 Å². The third-order valence-corrected chi connectivity index (χ3v) is 4.70. The number of benzene rings is 1. The molecule has 1 aliphatic carbocycles. The zero-order valence-corrected chi connectivity index (χ0v) is 14.6. The Kier molecular flexibility index (Phi) is 5.12. The molecule has 130 valence electrons. The Bertz CT molecular complexity index is 761. The maximum atomic E-state index is 12.3. The predicted molar refractivity (Wildman–Crippen MR) is 95.7 cm³/mol. The highest BCUT2D eigenvalue weighted by Gasteiger charge is 2.44. The highest BCUT2D eigenvalue weighted by Crippen LogP contribution is 2.48. The van der Waals surface area contributed by atoms with Crippen molar-refractivity contribution in [2.24, 2.45) is 5.92 Å². The third kappa shape index (κ3) is 4.24. The minimum absolute atomic E-state index is 0.0162. The van der Waals surface area contributed by atoms with Gasteiger partial charge in [-0.25, -0.2) is 0 Å². The summed E-state index contributed by atoms with van der Waals surface area (Å²) in [5.41, 5.74) is 3.42. The van der Waals surface area contributed by atoms with Gasteiger partial charge in [-0.1, -0.05) is 30.3 Å². The summed E-state index contributed by atoms with van der Waals surface area (Å²) in [5.74, 6) is 0.128. The Labute approximate surface area is 148 Å². The zero-order chi connectivity index (χ0) is 17.8. The second-order valence-corrected chi connectivity index (χ2v) is 6.63. The van der Waals surface area contributed by atoms with E-state index < -0.39 is 0 Å². The monoisotopic (exact) mass is 337 g/mol. The summed E-state index contributed by atoms with van der Waals surface area (Å²) in [7, 11) is 1.73. The molecule has 5 nitrogen and oxygen atoms in total. The van der Waals surface area contributed by atoms with Crippen LogP contribution in [0.25, 0.3) is 0 Å². The number of hydrogen-bond donors (Lipinski definition) is 1. The van der Waals surface area contributed by atoms with Gasteiger partial charge in [-0.05, 0) is 42.0 Å². The summed E-state index contributed by atoms with van der Waals surface area (Å²) in [6.45, 7) is 2.59. The van der Waals surface area contributed by atoms with Crippen molar-refractivity contribution >= 4 is 11.8 Å². The summed E-state index contributed by atoms with van der Waals surface area (Å²) >= 11 is 0. The van der Waals surface area contributed by atoms with E-state index in [-0.39, 0.29) is 30.2 Å². The van der Waals surface area contributed by atoms with Gasteiger partial charge < -0.3 is 10.2 Å². The highest BCUT2D eigenvalue weighted by atomic mass is 16.2. The molecule has 5 heteroatoms. The van der Waals surface area contributed by atoms with Crippen LogP contribution in [0.1, 0.15) is 29.0 Å². The lowest BCUT2D eigenvalue weighted by molar-refractivity contribution is -0.132. The number of amides is 2. The molecule has 2 atom stereocenters. The normalized spacial score (nSPS) is 18.5. The fourth-order valence-electron chi connectivity index (χ4n) is 3.11. The number of carbonyl (C=O) groups is 2. The molecule has 0 radical (unpaired) electrons. The first kappa shape index (κ1) is 17.1. The second kappa shape index (κ2) is 7.47. The van der Waals surface area contributed by atoms with Gasteiger partial charge in [-0.15, -0.1) is 0 Å². The molecule has 1 aromatic heterocycles. The Balaban J connectivity index is 1.46. The lowest BCUT2D eigenvalue weighted by atomic mass is 10.0. The van der Waals surface area contributed by atoms with E-state index in [1.54, 1.807) is 24.3 Å².